The first kappa shape index (κ1) is 19.2. The largest absolute Gasteiger partial charge is 0.496 e. The molecule has 1 heterocycles. The van der Waals surface area contributed by atoms with Crippen molar-refractivity contribution in [3.63, 3.8) is 0 Å². The maximum atomic E-state index is 13.8. The highest BCUT2D eigenvalue weighted by Crippen LogP contribution is 2.34. The molecule has 0 spiro atoms. The quantitative estimate of drug-likeness (QED) is 0.752. The summed E-state index contributed by atoms with van der Waals surface area (Å²) in [4.78, 5) is 14.8. The predicted molar refractivity (Wildman–Crippen MR) is 97.1 cm³/mol. The number of alkyl halides is 3. The number of methoxy groups -OCH3 is 1. The van der Waals surface area contributed by atoms with Crippen molar-refractivity contribution in [3.05, 3.63) is 58.7 Å². The zero-order valence-electron chi connectivity index (χ0n) is 15.4. The Labute approximate surface area is 156 Å². The zero-order valence-corrected chi connectivity index (χ0v) is 15.4. The van der Waals surface area contributed by atoms with Gasteiger partial charge in [-0.1, -0.05) is 12.1 Å². The van der Waals surface area contributed by atoms with Crippen molar-refractivity contribution >= 4 is 11.6 Å². The van der Waals surface area contributed by atoms with Gasteiger partial charge in [0.1, 0.15) is 5.75 Å². The number of carbonyl (C=O) groups excluding carboxylic acids is 1. The van der Waals surface area contributed by atoms with Gasteiger partial charge in [0.05, 0.1) is 18.4 Å². The Balaban J connectivity index is 2.06. The number of carbonyl (C=O) groups is 1. The molecule has 27 heavy (non-hydrogen) atoms. The molecule has 3 rings (SSSR count). The number of aryl methyl sites for hydroxylation is 1. The lowest BCUT2D eigenvalue weighted by Crippen LogP contribution is -2.43. The summed E-state index contributed by atoms with van der Waals surface area (Å²) >= 11 is 0. The smallest absolute Gasteiger partial charge is 0.491 e. The van der Waals surface area contributed by atoms with Crippen LogP contribution in [0.2, 0.25) is 0 Å². The number of ether oxygens (including phenoxy) is 1. The van der Waals surface area contributed by atoms with Gasteiger partial charge in [-0.15, -0.1) is 13.2 Å². The van der Waals surface area contributed by atoms with Crippen molar-refractivity contribution in [2.24, 2.45) is 0 Å². The lowest BCUT2D eigenvalue weighted by molar-refractivity contribution is -0.122. The van der Waals surface area contributed by atoms with E-state index in [0.29, 0.717) is 6.54 Å². The molecule has 0 N–H and O–H groups in total. The third kappa shape index (κ3) is 3.93. The highest BCUT2D eigenvalue weighted by Gasteiger charge is 2.43. The number of nitrogens with zero attached hydrogens (tertiary/aromatic N) is 2. The highest BCUT2D eigenvalue weighted by molar-refractivity contribution is 6.08. The summed E-state index contributed by atoms with van der Waals surface area (Å²) in [6, 6.07) is 8.99. The van der Waals surface area contributed by atoms with E-state index >= 15 is 0 Å². The number of rotatable bonds is 3. The van der Waals surface area contributed by atoms with Crippen LogP contribution in [-0.2, 0) is 13.0 Å². The molecule has 0 atom stereocenters. The molecule has 1 aliphatic rings. The Morgan fingerprint density at radius 1 is 1.15 bits per heavy atom. The Morgan fingerprint density at radius 2 is 1.89 bits per heavy atom. The molecule has 0 aromatic heterocycles. The van der Waals surface area contributed by atoms with Crippen LogP contribution in [0.1, 0.15) is 27.0 Å². The summed E-state index contributed by atoms with van der Waals surface area (Å²) < 4.78 is 46.6. The van der Waals surface area contributed by atoms with Gasteiger partial charge in [-0.25, -0.2) is 4.90 Å². The molecule has 0 radical (unpaired) electrons. The van der Waals surface area contributed by atoms with Crippen LogP contribution in [0.4, 0.5) is 18.9 Å². The third-order valence-electron chi connectivity index (χ3n) is 4.70. The van der Waals surface area contributed by atoms with Gasteiger partial charge in [0.2, 0.25) is 0 Å². The Hall–Kier alpha value is -2.54. The molecule has 0 unspecified atom stereocenters. The molecule has 0 bridgehead atoms. The first-order valence-electron chi connectivity index (χ1n) is 8.57. The average molecular weight is 378 g/mol. The number of halogens is 3. The molecule has 0 saturated heterocycles. The fraction of sp³-hybridized carbons (Fsp3) is 0.350. The minimum absolute atomic E-state index is 0.116. The summed E-state index contributed by atoms with van der Waals surface area (Å²) in [5, 5.41) is 0. The van der Waals surface area contributed by atoms with Gasteiger partial charge < -0.3 is 9.64 Å². The van der Waals surface area contributed by atoms with Crippen molar-refractivity contribution < 1.29 is 22.7 Å². The number of hydrogen-bond donors (Lipinski definition) is 0. The van der Waals surface area contributed by atoms with Gasteiger partial charge in [0.25, 0.3) is 5.91 Å². The van der Waals surface area contributed by atoms with Crippen molar-refractivity contribution in [2.45, 2.75) is 26.2 Å². The molecular formula is C20H21F3N2O2. The molecule has 0 aliphatic carbocycles. The lowest BCUT2D eigenvalue weighted by atomic mass is 9.99. The zero-order chi connectivity index (χ0) is 19.8. The first-order valence-corrected chi connectivity index (χ1v) is 8.57. The Morgan fingerprint density at radius 3 is 2.56 bits per heavy atom. The minimum Gasteiger partial charge on any atom is -0.496 e. The molecule has 2 aromatic rings. The van der Waals surface area contributed by atoms with Gasteiger partial charge >= 0.3 is 6.30 Å². The average Bonchev–Trinajstić information content (AvgIpc) is 2.60. The number of hydrogen-bond acceptors (Lipinski definition) is 3. The summed E-state index contributed by atoms with van der Waals surface area (Å²) in [6.07, 6.45) is -4.08. The standard InChI is InChI=1S/C20H21F3N2O2/c1-13-4-7-17(18(10-13)27-3)19(26)25(20(21,22)23)16-6-5-14-8-9-24(2)12-15(14)11-16/h4-7,10-11H,8-9,12H2,1-3H3. The van der Waals surface area contributed by atoms with E-state index in [2.05, 4.69) is 0 Å². The molecule has 1 aliphatic heterocycles. The van der Waals surface area contributed by atoms with Crippen LogP contribution in [0, 0.1) is 6.92 Å². The lowest BCUT2D eigenvalue weighted by Gasteiger charge is -2.29. The molecule has 7 heteroatoms. The van der Waals surface area contributed by atoms with Crippen LogP contribution >= 0.6 is 0 Å². The van der Waals surface area contributed by atoms with E-state index in [4.69, 9.17) is 4.74 Å². The molecule has 0 saturated carbocycles. The predicted octanol–water partition coefficient (Wildman–Crippen LogP) is 4.16. The number of fused-ring (bicyclic) bond motifs is 1. The van der Waals surface area contributed by atoms with Gasteiger partial charge in [0, 0.05) is 13.1 Å². The summed E-state index contributed by atoms with van der Waals surface area (Å²) in [7, 11) is 3.25. The second kappa shape index (κ2) is 7.23. The summed E-state index contributed by atoms with van der Waals surface area (Å²) in [6.45, 7) is 3.18. The fourth-order valence-electron chi connectivity index (χ4n) is 3.30. The second-order valence-corrected chi connectivity index (χ2v) is 6.75. The molecule has 1 amide bonds. The number of anilines is 1. The van der Waals surface area contributed by atoms with E-state index < -0.39 is 12.2 Å². The van der Waals surface area contributed by atoms with Crippen LogP contribution in [0.25, 0.3) is 0 Å². The van der Waals surface area contributed by atoms with Gasteiger partial charge in [-0.3, -0.25) is 4.79 Å². The normalized spacial score (nSPS) is 14.6. The monoisotopic (exact) mass is 378 g/mol. The van der Waals surface area contributed by atoms with Crippen LogP contribution in [0.15, 0.2) is 36.4 Å². The number of amides is 1. The molecular weight excluding hydrogens is 357 g/mol. The minimum atomic E-state index is -4.86. The van der Waals surface area contributed by atoms with E-state index in [1.54, 1.807) is 25.1 Å². The van der Waals surface area contributed by atoms with Crippen LogP contribution in [-0.4, -0.2) is 37.8 Å². The van der Waals surface area contributed by atoms with Crippen LogP contribution < -0.4 is 9.64 Å². The summed E-state index contributed by atoms with van der Waals surface area (Å²) in [5.74, 6) is -1.05. The molecule has 2 aromatic carbocycles. The SMILES string of the molecule is COc1cc(C)ccc1C(=O)N(c1ccc2c(c1)CN(C)CC2)C(F)(F)F. The van der Waals surface area contributed by atoms with E-state index in [1.807, 2.05) is 11.9 Å². The highest BCUT2D eigenvalue weighted by atomic mass is 19.4. The molecule has 4 nitrogen and oxygen atoms in total. The Bertz CT molecular complexity index is 865. The van der Waals surface area contributed by atoms with Gasteiger partial charge in [-0.2, -0.15) is 0 Å². The second-order valence-electron chi connectivity index (χ2n) is 6.75. The van der Waals surface area contributed by atoms with E-state index in [9.17, 15) is 18.0 Å². The van der Waals surface area contributed by atoms with Crippen molar-refractivity contribution in [2.75, 3.05) is 25.6 Å². The Kier molecular flexibility index (Phi) is 5.15. The van der Waals surface area contributed by atoms with Crippen LogP contribution in [0.3, 0.4) is 0 Å². The van der Waals surface area contributed by atoms with Crippen molar-refractivity contribution in [1.82, 2.24) is 4.90 Å². The summed E-state index contributed by atoms with van der Waals surface area (Å²) in [5.41, 5.74) is 2.29. The first-order chi connectivity index (χ1) is 12.7. The van der Waals surface area contributed by atoms with E-state index in [-0.39, 0.29) is 21.9 Å². The third-order valence-corrected chi connectivity index (χ3v) is 4.70. The van der Waals surface area contributed by atoms with Gasteiger partial charge in [0.15, 0.2) is 0 Å². The number of benzene rings is 2. The maximum Gasteiger partial charge on any atom is 0.491 e. The topological polar surface area (TPSA) is 32.8 Å². The van der Waals surface area contributed by atoms with Crippen molar-refractivity contribution in [1.29, 1.82) is 0 Å². The number of likely N-dealkylation sites (N-methyl/N-ethyl adjacent to an activating group) is 1. The molecule has 144 valence electrons. The fourth-order valence-corrected chi connectivity index (χ4v) is 3.30. The van der Waals surface area contributed by atoms with E-state index in [1.165, 1.54) is 25.3 Å². The maximum absolute atomic E-state index is 13.8. The van der Waals surface area contributed by atoms with E-state index in [0.717, 1.165) is 29.7 Å². The van der Waals surface area contributed by atoms with Crippen LogP contribution in [0.5, 0.6) is 5.75 Å². The van der Waals surface area contributed by atoms with Gasteiger partial charge in [-0.05, 0) is 61.3 Å². The molecule has 0 fully saturated rings. The van der Waals surface area contributed by atoms with Crippen molar-refractivity contribution in [3.8, 4) is 5.75 Å².